The molecule has 2 aromatic carbocycles. The number of piperazine rings is 1. The molecular formula is C26H30ClN3O4S. The Morgan fingerprint density at radius 2 is 1.69 bits per heavy atom. The average Bonchev–Trinajstić information content (AvgIpc) is 3.17. The number of rotatable bonds is 6. The van der Waals surface area contributed by atoms with Crippen molar-refractivity contribution in [1.29, 1.82) is 0 Å². The molecule has 9 heteroatoms. The van der Waals surface area contributed by atoms with Crippen LogP contribution in [0.1, 0.15) is 28.8 Å². The van der Waals surface area contributed by atoms with Crippen LogP contribution in [0.5, 0.6) is 0 Å². The summed E-state index contributed by atoms with van der Waals surface area (Å²) in [6.07, 6.45) is -0.0529. The van der Waals surface area contributed by atoms with E-state index in [4.69, 9.17) is 16.1 Å². The first kappa shape index (κ1) is 25.3. The van der Waals surface area contributed by atoms with E-state index in [9.17, 15) is 13.2 Å². The monoisotopic (exact) mass is 515 g/mol. The Balaban J connectivity index is 1.41. The van der Waals surface area contributed by atoms with Gasteiger partial charge in [0.2, 0.25) is 5.91 Å². The minimum absolute atomic E-state index is 0.0529. The van der Waals surface area contributed by atoms with Crippen LogP contribution in [0.3, 0.4) is 0 Å². The molecule has 0 unspecified atom stereocenters. The molecule has 3 aromatic rings. The highest BCUT2D eigenvalue weighted by atomic mass is 35.5. The zero-order valence-electron chi connectivity index (χ0n) is 20.5. The molecule has 186 valence electrons. The summed E-state index contributed by atoms with van der Waals surface area (Å²) in [6.45, 7) is 9.97. The third-order valence-electron chi connectivity index (χ3n) is 6.67. The van der Waals surface area contributed by atoms with Crippen LogP contribution in [0.2, 0.25) is 5.02 Å². The number of sulfone groups is 1. The topological polar surface area (TPSA) is 83.7 Å². The second-order valence-corrected chi connectivity index (χ2v) is 11.6. The molecule has 0 atom stereocenters. The fourth-order valence-electron chi connectivity index (χ4n) is 4.37. The maximum absolute atomic E-state index is 13.2. The molecule has 0 bridgehead atoms. The molecule has 0 N–H and O–H groups in total. The number of aryl methyl sites for hydroxylation is 3. The number of carbonyl (C=O) groups is 1. The first-order chi connectivity index (χ1) is 16.6. The van der Waals surface area contributed by atoms with Gasteiger partial charge in [0, 0.05) is 54.4 Å². The number of anilines is 1. The summed E-state index contributed by atoms with van der Waals surface area (Å²) in [5.74, 6) is 0.174. The molecule has 1 aliphatic rings. The minimum Gasteiger partial charge on any atom is -0.368 e. The lowest BCUT2D eigenvalue weighted by Crippen LogP contribution is -2.49. The third kappa shape index (κ3) is 5.38. The lowest BCUT2D eigenvalue weighted by molar-refractivity contribution is -0.131. The zero-order chi connectivity index (χ0) is 25.3. The van der Waals surface area contributed by atoms with E-state index in [0.717, 1.165) is 22.5 Å². The Kier molecular flexibility index (Phi) is 7.24. The quantitative estimate of drug-likeness (QED) is 0.471. The van der Waals surface area contributed by atoms with Crippen LogP contribution in [-0.2, 0) is 14.6 Å². The second kappa shape index (κ2) is 10.0. The molecule has 4 rings (SSSR count). The molecule has 1 fully saturated rings. The third-order valence-corrected chi connectivity index (χ3v) is 8.76. The fourth-order valence-corrected chi connectivity index (χ4v) is 6.07. The lowest BCUT2D eigenvalue weighted by Gasteiger charge is -2.37. The summed E-state index contributed by atoms with van der Waals surface area (Å²) in [5, 5.41) is 4.65. The van der Waals surface area contributed by atoms with Crippen molar-refractivity contribution in [2.75, 3.05) is 36.8 Å². The number of carbonyl (C=O) groups excluding carboxylic acids is 1. The Morgan fingerprint density at radius 3 is 2.34 bits per heavy atom. The van der Waals surface area contributed by atoms with E-state index in [-0.39, 0.29) is 23.0 Å². The molecule has 1 amide bonds. The van der Waals surface area contributed by atoms with Gasteiger partial charge in [0.25, 0.3) is 0 Å². The standard InChI is InChI=1S/C26H30ClN3O4S/c1-17-6-8-22(27)16-23(17)29-10-12-30(13-11-29)25(31)9-14-35(32,33)24-15-21(7-5-18(24)2)26-19(3)20(4)28-34-26/h5-8,15-16H,9-14H2,1-4H3. The van der Waals surface area contributed by atoms with E-state index >= 15 is 0 Å². The van der Waals surface area contributed by atoms with E-state index in [2.05, 4.69) is 10.1 Å². The molecule has 2 heterocycles. The highest BCUT2D eigenvalue weighted by Gasteiger charge is 2.26. The van der Waals surface area contributed by atoms with Crippen LogP contribution in [0, 0.1) is 27.7 Å². The summed E-state index contributed by atoms with van der Waals surface area (Å²) in [6, 6.07) is 11.0. The summed E-state index contributed by atoms with van der Waals surface area (Å²) in [7, 11) is -3.66. The average molecular weight is 516 g/mol. The summed E-state index contributed by atoms with van der Waals surface area (Å²) in [4.78, 5) is 17.0. The van der Waals surface area contributed by atoms with E-state index in [1.807, 2.05) is 45.0 Å². The van der Waals surface area contributed by atoms with Gasteiger partial charge in [-0.2, -0.15) is 0 Å². The fraction of sp³-hybridized carbons (Fsp3) is 0.385. The molecule has 35 heavy (non-hydrogen) atoms. The number of nitrogens with zero attached hydrogens (tertiary/aromatic N) is 3. The normalized spacial score (nSPS) is 14.4. The Morgan fingerprint density at radius 1 is 1.00 bits per heavy atom. The van der Waals surface area contributed by atoms with Crippen molar-refractivity contribution in [3.63, 3.8) is 0 Å². The van der Waals surface area contributed by atoms with Crippen LogP contribution in [-0.4, -0.2) is 56.3 Å². The largest absolute Gasteiger partial charge is 0.368 e. The van der Waals surface area contributed by atoms with Crippen molar-refractivity contribution in [1.82, 2.24) is 10.1 Å². The van der Waals surface area contributed by atoms with Crippen molar-refractivity contribution in [3.8, 4) is 11.3 Å². The van der Waals surface area contributed by atoms with Crippen LogP contribution >= 0.6 is 11.6 Å². The molecule has 0 aliphatic carbocycles. The molecular weight excluding hydrogens is 486 g/mol. The maximum Gasteiger partial charge on any atom is 0.223 e. The SMILES string of the molecule is Cc1ccc(Cl)cc1N1CCN(C(=O)CCS(=O)(=O)c2cc(-c3onc(C)c3C)ccc2C)CC1. The molecule has 1 aromatic heterocycles. The van der Waals surface area contributed by atoms with Crippen LogP contribution in [0.25, 0.3) is 11.3 Å². The summed E-state index contributed by atoms with van der Waals surface area (Å²) >= 11 is 6.16. The molecule has 0 saturated carbocycles. The molecule has 0 spiro atoms. The predicted molar refractivity (Wildman–Crippen MR) is 138 cm³/mol. The van der Waals surface area contributed by atoms with Gasteiger partial charge in [0.1, 0.15) is 0 Å². The molecule has 1 saturated heterocycles. The van der Waals surface area contributed by atoms with Gasteiger partial charge < -0.3 is 14.3 Å². The smallest absolute Gasteiger partial charge is 0.223 e. The van der Waals surface area contributed by atoms with Crippen molar-refractivity contribution < 1.29 is 17.7 Å². The van der Waals surface area contributed by atoms with E-state index in [0.29, 0.717) is 48.1 Å². The molecule has 1 aliphatic heterocycles. The molecule has 7 nitrogen and oxygen atoms in total. The van der Waals surface area contributed by atoms with E-state index in [1.165, 1.54) is 0 Å². The summed E-state index contributed by atoms with van der Waals surface area (Å²) in [5.41, 5.74) is 5.14. The number of hydrogen-bond donors (Lipinski definition) is 0. The van der Waals surface area contributed by atoms with E-state index < -0.39 is 9.84 Å². The number of hydrogen-bond acceptors (Lipinski definition) is 6. The minimum atomic E-state index is -3.66. The second-order valence-electron chi connectivity index (χ2n) is 9.07. The highest BCUT2D eigenvalue weighted by Crippen LogP contribution is 2.30. The Bertz CT molecular complexity index is 1360. The number of aromatic nitrogens is 1. The molecule has 0 radical (unpaired) electrons. The van der Waals surface area contributed by atoms with Gasteiger partial charge in [-0.15, -0.1) is 0 Å². The number of halogens is 1. The maximum atomic E-state index is 13.2. The number of amides is 1. The first-order valence-electron chi connectivity index (χ1n) is 11.6. The zero-order valence-corrected chi connectivity index (χ0v) is 22.0. The van der Waals surface area contributed by atoms with E-state index in [1.54, 1.807) is 24.0 Å². The van der Waals surface area contributed by atoms with Gasteiger partial charge in [-0.25, -0.2) is 8.42 Å². The highest BCUT2D eigenvalue weighted by molar-refractivity contribution is 7.91. The van der Waals surface area contributed by atoms with Crippen LogP contribution in [0.15, 0.2) is 45.8 Å². The van der Waals surface area contributed by atoms with Crippen molar-refractivity contribution >= 4 is 33.0 Å². The Hall–Kier alpha value is -2.84. The van der Waals surface area contributed by atoms with Crippen LogP contribution < -0.4 is 4.90 Å². The van der Waals surface area contributed by atoms with Gasteiger partial charge >= 0.3 is 0 Å². The number of benzene rings is 2. The predicted octanol–water partition coefficient (Wildman–Crippen LogP) is 4.74. The van der Waals surface area contributed by atoms with Gasteiger partial charge in [-0.05, 0) is 57.0 Å². The Labute approximate surface area is 211 Å². The van der Waals surface area contributed by atoms with Gasteiger partial charge in [0.05, 0.1) is 16.3 Å². The van der Waals surface area contributed by atoms with Crippen molar-refractivity contribution in [3.05, 3.63) is 63.8 Å². The van der Waals surface area contributed by atoms with Crippen molar-refractivity contribution in [2.45, 2.75) is 39.0 Å². The first-order valence-corrected chi connectivity index (χ1v) is 13.7. The van der Waals surface area contributed by atoms with Crippen molar-refractivity contribution in [2.24, 2.45) is 0 Å². The summed E-state index contributed by atoms with van der Waals surface area (Å²) < 4.78 is 31.8. The van der Waals surface area contributed by atoms with Crippen LogP contribution in [0.4, 0.5) is 5.69 Å². The lowest BCUT2D eigenvalue weighted by atomic mass is 10.1. The van der Waals surface area contributed by atoms with Gasteiger partial charge in [-0.1, -0.05) is 35.0 Å². The van der Waals surface area contributed by atoms with Gasteiger partial charge in [0.15, 0.2) is 15.6 Å². The van der Waals surface area contributed by atoms with Gasteiger partial charge in [-0.3, -0.25) is 4.79 Å².